The molecule has 1 aliphatic heterocycles. The van der Waals surface area contributed by atoms with Crippen LogP contribution in [0.4, 0.5) is 4.20 Å². The molecule has 14 heavy (non-hydrogen) atoms. The Hall–Kier alpha value is 0.0800. The van der Waals surface area contributed by atoms with Crippen molar-refractivity contribution in [2.75, 3.05) is 6.61 Å². The van der Waals surface area contributed by atoms with E-state index in [0.29, 0.717) is 6.42 Å². The molecule has 0 aromatic heterocycles. The third kappa shape index (κ3) is 2.56. The van der Waals surface area contributed by atoms with Crippen LogP contribution < -0.4 is 0 Å². The fraction of sp³-hybridized carbons (Fsp3) is 1.00. The molecule has 1 aliphatic rings. The summed E-state index contributed by atoms with van der Waals surface area (Å²) in [4.78, 5) is 0. The van der Waals surface area contributed by atoms with Crippen LogP contribution in [-0.2, 0) is 13.6 Å². The van der Waals surface area contributed by atoms with Gasteiger partial charge in [-0.2, -0.15) is 0 Å². The molecule has 1 saturated heterocycles. The largest absolute Gasteiger partial charge is 0.513 e. The molecule has 1 heterocycles. The van der Waals surface area contributed by atoms with Gasteiger partial charge in [0.2, 0.25) is 0 Å². The topological polar surface area (TPSA) is 35.5 Å². The highest BCUT2D eigenvalue weighted by atomic mass is 31.2. The summed E-state index contributed by atoms with van der Waals surface area (Å²) in [6.07, 6.45) is 2.24. The van der Waals surface area contributed by atoms with Gasteiger partial charge in [0.15, 0.2) is 0 Å². The maximum absolute atomic E-state index is 13.0. The van der Waals surface area contributed by atoms with Gasteiger partial charge < -0.3 is 0 Å². The summed E-state index contributed by atoms with van der Waals surface area (Å²) in [6, 6.07) is 0. The van der Waals surface area contributed by atoms with E-state index < -0.39 is 7.91 Å². The third-order valence-corrected chi connectivity index (χ3v) is 3.71. The van der Waals surface area contributed by atoms with Gasteiger partial charge in [0, 0.05) is 5.41 Å². The first-order valence-electron chi connectivity index (χ1n) is 5.06. The number of hydrogen-bond acceptors (Lipinski definition) is 3. The fourth-order valence-electron chi connectivity index (χ4n) is 2.00. The maximum atomic E-state index is 13.0. The van der Waals surface area contributed by atoms with E-state index in [9.17, 15) is 8.76 Å². The van der Waals surface area contributed by atoms with Gasteiger partial charge >= 0.3 is 7.91 Å². The van der Waals surface area contributed by atoms with E-state index in [-0.39, 0.29) is 18.1 Å². The molecule has 0 bridgehead atoms. The lowest BCUT2D eigenvalue weighted by molar-refractivity contribution is -0.0530. The standard InChI is InChI=1S/C9H18FO3P/c1-4-6-9(3)7-12-14(10,11)13-8(9)5-2/h8H,4-7H2,1-3H3. The molecule has 0 aromatic rings. The summed E-state index contributed by atoms with van der Waals surface area (Å²) in [5, 5.41) is 0. The molecule has 0 amide bonds. The molecule has 3 atom stereocenters. The van der Waals surface area contributed by atoms with Crippen molar-refractivity contribution in [2.24, 2.45) is 5.41 Å². The molecule has 0 saturated carbocycles. The third-order valence-electron chi connectivity index (χ3n) is 2.77. The van der Waals surface area contributed by atoms with Gasteiger partial charge in [-0.3, -0.25) is 9.05 Å². The van der Waals surface area contributed by atoms with Crippen LogP contribution in [0.1, 0.15) is 40.0 Å². The number of hydrogen-bond donors (Lipinski definition) is 0. The van der Waals surface area contributed by atoms with E-state index >= 15 is 0 Å². The Morgan fingerprint density at radius 3 is 2.71 bits per heavy atom. The molecule has 1 fully saturated rings. The van der Waals surface area contributed by atoms with E-state index in [1.54, 1.807) is 0 Å². The monoisotopic (exact) mass is 224 g/mol. The predicted octanol–water partition coefficient (Wildman–Crippen LogP) is 3.70. The highest BCUT2D eigenvalue weighted by Crippen LogP contribution is 2.58. The first-order chi connectivity index (χ1) is 6.43. The zero-order chi connectivity index (χ0) is 10.8. The quantitative estimate of drug-likeness (QED) is 0.686. The fourth-order valence-corrected chi connectivity index (χ4v) is 3.22. The van der Waals surface area contributed by atoms with Crippen molar-refractivity contribution in [3.8, 4) is 0 Å². The van der Waals surface area contributed by atoms with Gasteiger partial charge in [-0.1, -0.05) is 27.2 Å². The van der Waals surface area contributed by atoms with Crippen molar-refractivity contribution in [1.82, 2.24) is 0 Å². The summed E-state index contributed by atoms with van der Waals surface area (Å²) >= 11 is 0. The van der Waals surface area contributed by atoms with Crippen LogP contribution in [0, 0.1) is 5.41 Å². The van der Waals surface area contributed by atoms with Crippen LogP contribution >= 0.6 is 7.91 Å². The highest BCUT2D eigenvalue weighted by molar-refractivity contribution is 7.48. The summed E-state index contributed by atoms with van der Waals surface area (Å²) in [5.41, 5.74) is -0.205. The number of halogens is 1. The molecular weight excluding hydrogens is 206 g/mol. The SMILES string of the molecule is CCCC1(C)COP(=O)(F)OC1CC. The van der Waals surface area contributed by atoms with E-state index in [0.717, 1.165) is 12.8 Å². The Balaban J connectivity index is 2.75. The van der Waals surface area contributed by atoms with Gasteiger partial charge in [0.1, 0.15) is 0 Å². The summed E-state index contributed by atoms with van der Waals surface area (Å²) in [5.74, 6) is 0. The van der Waals surface area contributed by atoms with E-state index in [4.69, 9.17) is 4.52 Å². The van der Waals surface area contributed by atoms with Gasteiger partial charge in [0.05, 0.1) is 12.7 Å². The minimum absolute atomic E-state index is 0.188. The number of rotatable bonds is 3. The molecule has 0 aromatic carbocycles. The minimum Gasteiger partial charge on any atom is -0.283 e. The lowest BCUT2D eigenvalue weighted by Gasteiger charge is -2.40. The Bertz CT molecular complexity index is 246. The predicted molar refractivity (Wildman–Crippen MR) is 52.8 cm³/mol. The van der Waals surface area contributed by atoms with Crippen LogP contribution in [0.5, 0.6) is 0 Å². The Labute approximate surface area is 84.6 Å². The maximum Gasteiger partial charge on any atom is 0.513 e. The highest BCUT2D eigenvalue weighted by Gasteiger charge is 2.45. The van der Waals surface area contributed by atoms with Gasteiger partial charge in [0.25, 0.3) is 0 Å². The van der Waals surface area contributed by atoms with E-state index in [1.807, 2.05) is 13.8 Å². The normalized spacial score (nSPS) is 43.9. The van der Waals surface area contributed by atoms with Crippen LogP contribution in [0.2, 0.25) is 0 Å². The summed E-state index contributed by atoms with van der Waals surface area (Å²) in [7, 11) is -4.26. The van der Waals surface area contributed by atoms with Crippen LogP contribution in [0.25, 0.3) is 0 Å². The average molecular weight is 224 g/mol. The first-order valence-corrected chi connectivity index (χ1v) is 6.49. The lowest BCUT2D eigenvalue weighted by Crippen LogP contribution is -2.40. The van der Waals surface area contributed by atoms with Gasteiger partial charge in [-0.05, 0) is 12.8 Å². The van der Waals surface area contributed by atoms with Crippen molar-refractivity contribution >= 4 is 7.91 Å². The Kier molecular flexibility index (Phi) is 3.73. The van der Waals surface area contributed by atoms with Gasteiger partial charge in [-0.15, -0.1) is 4.20 Å². The summed E-state index contributed by atoms with van der Waals surface area (Å²) in [6.45, 7) is 6.14. The molecule has 1 rings (SSSR count). The van der Waals surface area contributed by atoms with E-state index in [1.165, 1.54) is 0 Å². The molecule has 3 nitrogen and oxygen atoms in total. The van der Waals surface area contributed by atoms with Crippen molar-refractivity contribution in [1.29, 1.82) is 0 Å². The molecule has 0 spiro atoms. The Morgan fingerprint density at radius 1 is 1.57 bits per heavy atom. The molecule has 0 N–H and O–H groups in total. The van der Waals surface area contributed by atoms with E-state index in [2.05, 4.69) is 11.4 Å². The van der Waals surface area contributed by atoms with Crippen molar-refractivity contribution in [3.05, 3.63) is 0 Å². The van der Waals surface area contributed by atoms with Crippen LogP contribution in [-0.4, -0.2) is 12.7 Å². The second-order valence-corrected chi connectivity index (χ2v) is 5.44. The smallest absolute Gasteiger partial charge is 0.283 e. The average Bonchev–Trinajstić information content (AvgIpc) is 2.10. The molecular formula is C9H18FO3P. The van der Waals surface area contributed by atoms with Crippen LogP contribution in [0.3, 0.4) is 0 Å². The second-order valence-electron chi connectivity index (χ2n) is 4.11. The lowest BCUT2D eigenvalue weighted by atomic mass is 9.80. The molecule has 0 aliphatic carbocycles. The molecule has 0 radical (unpaired) electrons. The van der Waals surface area contributed by atoms with Gasteiger partial charge in [-0.25, -0.2) is 4.57 Å². The van der Waals surface area contributed by atoms with Crippen molar-refractivity contribution in [3.63, 3.8) is 0 Å². The first kappa shape index (κ1) is 12.2. The minimum atomic E-state index is -4.26. The second kappa shape index (κ2) is 4.30. The van der Waals surface area contributed by atoms with Crippen molar-refractivity contribution in [2.45, 2.75) is 46.1 Å². The zero-order valence-electron chi connectivity index (χ0n) is 8.96. The van der Waals surface area contributed by atoms with Crippen LogP contribution in [0.15, 0.2) is 0 Å². The molecule has 5 heteroatoms. The van der Waals surface area contributed by atoms with Crippen molar-refractivity contribution < 1.29 is 17.8 Å². The summed E-state index contributed by atoms with van der Waals surface area (Å²) < 4.78 is 33.5. The zero-order valence-corrected chi connectivity index (χ0v) is 9.85. The Morgan fingerprint density at radius 2 is 2.21 bits per heavy atom. The molecule has 84 valence electrons. The molecule has 3 unspecified atom stereocenters.